The number of hydrogen-bond donors (Lipinski definition) is 2. The maximum absolute atomic E-state index is 12.8. The summed E-state index contributed by atoms with van der Waals surface area (Å²) in [5.74, 6) is 0.964. The molecule has 2 N–H and O–H groups in total. The van der Waals surface area contributed by atoms with Gasteiger partial charge in [-0.15, -0.1) is 24.0 Å². The van der Waals surface area contributed by atoms with Gasteiger partial charge in [-0.2, -0.15) is 0 Å². The third-order valence-corrected chi connectivity index (χ3v) is 6.74. The minimum atomic E-state index is -0.127. The van der Waals surface area contributed by atoms with Gasteiger partial charge in [0.15, 0.2) is 5.96 Å². The van der Waals surface area contributed by atoms with Gasteiger partial charge in [0.1, 0.15) is 0 Å². The largest absolute Gasteiger partial charge is 0.374 e. The minimum Gasteiger partial charge on any atom is -0.374 e. The molecule has 0 spiro atoms. The molecular formula is C25H35IN4O3. The second-order valence-electron chi connectivity index (χ2n) is 8.79. The molecule has 180 valence electrons. The van der Waals surface area contributed by atoms with Crippen molar-refractivity contribution in [1.82, 2.24) is 15.5 Å². The Labute approximate surface area is 213 Å². The topological polar surface area (TPSA) is 83.0 Å². The third-order valence-electron chi connectivity index (χ3n) is 6.74. The Morgan fingerprint density at radius 3 is 2.42 bits per heavy atom. The first kappa shape index (κ1) is 25.7. The summed E-state index contributed by atoms with van der Waals surface area (Å²) in [4.78, 5) is 31.6. The predicted molar refractivity (Wildman–Crippen MR) is 139 cm³/mol. The SMILES string of the molecule is CCNC(=NCCCOC(C)c1ccccc1)NCCN1C(=O)C2C3C=CC(C3)C2C1=O.I. The Morgan fingerprint density at radius 1 is 1.12 bits per heavy atom. The number of rotatable bonds is 10. The van der Waals surface area contributed by atoms with Crippen molar-refractivity contribution in [3.8, 4) is 0 Å². The van der Waals surface area contributed by atoms with Crippen molar-refractivity contribution in [3.63, 3.8) is 0 Å². The summed E-state index contributed by atoms with van der Waals surface area (Å²) in [5, 5.41) is 6.47. The molecule has 5 unspecified atom stereocenters. The first-order chi connectivity index (χ1) is 15.6. The van der Waals surface area contributed by atoms with Crippen LogP contribution < -0.4 is 10.6 Å². The molecule has 4 rings (SSSR count). The van der Waals surface area contributed by atoms with E-state index in [0.717, 1.165) is 19.4 Å². The zero-order valence-corrected chi connectivity index (χ0v) is 21.7. The van der Waals surface area contributed by atoms with Crippen molar-refractivity contribution < 1.29 is 14.3 Å². The lowest BCUT2D eigenvalue weighted by atomic mass is 9.85. The lowest BCUT2D eigenvalue weighted by Crippen LogP contribution is -2.43. The van der Waals surface area contributed by atoms with E-state index in [2.05, 4.69) is 46.8 Å². The monoisotopic (exact) mass is 566 g/mol. The van der Waals surface area contributed by atoms with Crippen LogP contribution in [0.2, 0.25) is 0 Å². The van der Waals surface area contributed by atoms with E-state index in [4.69, 9.17) is 4.74 Å². The average Bonchev–Trinajstić information content (AvgIpc) is 3.49. The zero-order valence-electron chi connectivity index (χ0n) is 19.4. The average molecular weight is 566 g/mol. The van der Waals surface area contributed by atoms with Gasteiger partial charge in [0.25, 0.3) is 0 Å². The van der Waals surface area contributed by atoms with Gasteiger partial charge in [0.05, 0.1) is 17.9 Å². The Kier molecular flexibility index (Phi) is 9.31. The van der Waals surface area contributed by atoms with E-state index in [0.29, 0.717) is 32.2 Å². The Balaban J connectivity index is 0.00000306. The lowest BCUT2D eigenvalue weighted by molar-refractivity contribution is -0.140. The van der Waals surface area contributed by atoms with E-state index >= 15 is 0 Å². The van der Waals surface area contributed by atoms with Gasteiger partial charge in [-0.05, 0) is 44.1 Å². The number of imide groups is 1. The summed E-state index contributed by atoms with van der Waals surface area (Å²) in [6.45, 7) is 6.96. The summed E-state index contributed by atoms with van der Waals surface area (Å²) < 4.78 is 5.90. The number of carbonyl (C=O) groups is 2. The highest BCUT2D eigenvalue weighted by molar-refractivity contribution is 14.0. The molecule has 1 aromatic rings. The summed E-state index contributed by atoms with van der Waals surface area (Å²) in [6.07, 6.45) is 6.09. The Bertz CT molecular complexity index is 846. The number of allylic oxidation sites excluding steroid dienone is 2. The normalized spacial score (nSPS) is 26.4. The number of likely N-dealkylation sites (tertiary alicyclic amines) is 1. The Morgan fingerprint density at radius 2 is 1.79 bits per heavy atom. The van der Waals surface area contributed by atoms with Crippen LogP contribution in [0.1, 0.15) is 38.4 Å². The van der Waals surface area contributed by atoms with Crippen LogP contribution in [-0.2, 0) is 14.3 Å². The summed E-state index contributed by atoms with van der Waals surface area (Å²) in [5.41, 5.74) is 1.17. The number of ether oxygens (including phenoxy) is 1. The van der Waals surface area contributed by atoms with Crippen LogP contribution in [0.15, 0.2) is 47.5 Å². The number of halogens is 1. The summed E-state index contributed by atoms with van der Waals surface area (Å²) in [6, 6.07) is 10.2. The van der Waals surface area contributed by atoms with E-state index in [1.54, 1.807) is 0 Å². The highest BCUT2D eigenvalue weighted by Crippen LogP contribution is 2.52. The second kappa shape index (κ2) is 12.0. The number of carbonyl (C=O) groups excluding carboxylic acids is 2. The van der Waals surface area contributed by atoms with Crippen molar-refractivity contribution in [1.29, 1.82) is 0 Å². The van der Waals surface area contributed by atoms with Gasteiger partial charge in [-0.25, -0.2) is 0 Å². The van der Waals surface area contributed by atoms with E-state index in [1.165, 1.54) is 10.5 Å². The highest BCUT2D eigenvalue weighted by Gasteiger charge is 2.58. The number of nitrogens with zero attached hydrogens (tertiary/aromatic N) is 2. The maximum Gasteiger partial charge on any atom is 0.233 e. The van der Waals surface area contributed by atoms with Crippen LogP contribution in [0.5, 0.6) is 0 Å². The van der Waals surface area contributed by atoms with Gasteiger partial charge in [0.2, 0.25) is 11.8 Å². The first-order valence-corrected chi connectivity index (χ1v) is 11.8. The molecule has 7 nitrogen and oxygen atoms in total. The number of amides is 2. The molecule has 5 atom stereocenters. The molecule has 3 aliphatic rings. The fraction of sp³-hybridized carbons (Fsp3) is 0.560. The molecule has 0 radical (unpaired) electrons. The highest BCUT2D eigenvalue weighted by atomic mass is 127. The van der Waals surface area contributed by atoms with Crippen LogP contribution in [0.4, 0.5) is 0 Å². The van der Waals surface area contributed by atoms with Gasteiger partial charge in [0, 0.05) is 32.8 Å². The molecule has 2 aliphatic carbocycles. The van der Waals surface area contributed by atoms with E-state index in [1.807, 2.05) is 25.1 Å². The Hall–Kier alpha value is -1.94. The summed E-state index contributed by atoms with van der Waals surface area (Å²) >= 11 is 0. The lowest BCUT2D eigenvalue weighted by Gasteiger charge is -2.18. The fourth-order valence-electron chi connectivity index (χ4n) is 5.15. The van der Waals surface area contributed by atoms with Crippen molar-refractivity contribution in [3.05, 3.63) is 48.0 Å². The predicted octanol–water partition coefficient (Wildman–Crippen LogP) is 3.13. The van der Waals surface area contributed by atoms with Crippen molar-refractivity contribution in [2.24, 2.45) is 28.7 Å². The second-order valence-corrected chi connectivity index (χ2v) is 8.79. The smallest absolute Gasteiger partial charge is 0.233 e. The number of aliphatic imine (C=N–C) groups is 1. The van der Waals surface area contributed by atoms with Gasteiger partial charge in [-0.3, -0.25) is 19.5 Å². The first-order valence-electron chi connectivity index (χ1n) is 11.8. The number of hydrogen-bond acceptors (Lipinski definition) is 4. The molecule has 8 heteroatoms. The van der Waals surface area contributed by atoms with E-state index < -0.39 is 0 Å². The fourth-order valence-corrected chi connectivity index (χ4v) is 5.15. The van der Waals surface area contributed by atoms with Gasteiger partial charge in [-0.1, -0.05) is 42.5 Å². The molecule has 1 aliphatic heterocycles. The number of benzene rings is 1. The summed E-state index contributed by atoms with van der Waals surface area (Å²) in [7, 11) is 0. The van der Waals surface area contributed by atoms with Crippen molar-refractivity contribution in [2.45, 2.75) is 32.8 Å². The van der Waals surface area contributed by atoms with Crippen LogP contribution in [-0.4, -0.2) is 55.5 Å². The van der Waals surface area contributed by atoms with Crippen LogP contribution in [0.25, 0.3) is 0 Å². The zero-order chi connectivity index (χ0) is 22.5. The number of fused-ring (bicyclic) bond motifs is 5. The molecule has 2 fully saturated rings. The molecule has 1 heterocycles. The molecule has 1 saturated heterocycles. The van der Waals surface area contributed by atoms with Crippen LogP contribution in [0.3, 0.4) is 0 Å². The van der Waals surface area contributed by atoms with E-state index in [9.17, 15) is 9.59 Å². The number of guanidine groups is 1. The quantitative estimate of drug-likeness (QED) is 0.114. The van der Waals surface area contributed by atoms with E-state index in [-0.39, 0.29) is 65.6 Å². The van der Waals surface area contributed by atoms with Gasteiger partial charge >= 0.3 is 0 Å². The van der Waals surface area contributed by atoms with Gasteiger partial charge < -0.3 is 15.4 Å². The third kappa shape index (κ3) is 5.77. The molecule has 33 heavy (non-hydrogen) atoms. The number of nitrogens with one attached hydrogen (secondary N) is 2. The van der Waals surface area contributed by atoms with Crippen LogP contribution >= 0.6 is 24.0 Å². The van der Waals surface area contributed by atoms with Crippen LogP contribution in [0, 0.1) is 23.7 Å². The van der Waals surface area contributed by atoms with Crippen molar-refractivity contribution in [2.75, 3.05) is 32.8 Å². The standard InChI is InChI=1S/C25H34N4O3.HI/c1-3-26-25(27-12-7-15-32-17(2)18-8-5-4-6-9-18)28-13-14-29-23(30)21-19-10-11-20(16-19)22(21)24(29)31;/h4-6,8-11,17,19-22H,3,7,12-16H2,1-2H3,(H2,26,27,28);1H. The molecule has 1 aromatic carbocycles. The van der Waals surface area contributed by atoms with Crippen molar-refractivity contribution >= 4 is 41.8 Å². The maximum atomic E-state index is 12.8. The molecule has 0 aromatic heterocycles. The molecule has 1 saturated carbocycles. The molecule has 2 amide bonds. The molecule has 2 bridgehead atoms. The molecular weight excluding hydrogens is 531 g/mol. The minimum absolute atomic E-state index is 0.